The molecule has 1 aliphatic heterocycles. The van der Waals surface area contributed by atoms with Gasteiger partial charge < -0.3 is 10.0 Å². The zero-order valence-corrected chi connectivity index (χ0v) is 9.03. The van der Waals surface area contributed by atoms with E-state index in [1.54, 1.807) is 4.90 Å². The molecule has 1 aromatic carbocycles. The summed E-state index contributed by atoms with van der Waals surface area (Å²) >= 11 is 0. The Bertz CT molecular complexity index is 377. The first-order valence-electron chi connectivity index (χ1n) is 5.06. The molecule has 0 aliphatic carbocycles. The normalized spacial score (nSPS) is 18.5. The lowest BCUT2D eigenvalue weighted by atomic mass is 9.86. The monoisotopic (exact) mass is 205 g/mol. The Hall–Kier alpha value is -1.35. The Balaban J connectivity index is 2.13. The number of rotatable bonds is 1. The molecule has 0 bridgehead atoms. The van der Waals surface area contributed by atoms with E-state index >= 15 is 0 Å². The van der Waals surface area contributed by atoms with Crippen LogP contribution in [0.1, 0.15) is 18.1 Å². The third-order valence-corrected chi connectivity index (χ3v) is 2.94. The molecule has 0 aromatic heterocycles. The van der Waals surface area contributed by atoms with Gasteiger partial charge in [0, 0.05) is 6.92 Å². The van der Waals surface area contributed by atoms with Crippen LogP contribution in [0.4, 0.5) is 0 Å². The highest BCUT2D eigenvalue weighted by atomic mass is 16.3. The highest BCUT2D eigenvalue weighted by molar-refractivity contribution is 5.74. The summed E-state index contributed by atoms with van der Waals surface area (Å²) in [4.78, 5) is 12.7. The zero-order chi connectivity index (χ0) is 11.1. The highest BCUT2D eigenvalue weighted by Gasteiger charge is 2.43. The summed E-state index contributed by atoms with van der Waals surface area (Å²) in [5.41, 5.74) is 1.23. The molecule has 0 radical (unpaired) electrons. The summed E-state index contributed by atoms with van der Waals surface area (Å²) in [6.45, 7) is 4.35. The first-order valence-corrected chi connectivity index (χ1v) is 5.06. The molecule has 1 fully saturated rings. The number of nitrogens with zero attached hydrogens (tertiary/aromatic N) is 1. The number of hydrogen-bond acceptors (Lipinski definition) is 2. The van der Waals surface area contributed by atoms with Gasteiger partial charge in [0.25, 0.3) is 0 Å². The zero-order valence-electron chi connectivity index (χ0n) is 9.03. The van der Waals surface area contributed by atoms with Crippen molar-refractivity contribution in [2.24, 2.45) is 0 Å². The van der Waals surface area contributed by atoms with Crippen molar-refractivity contribution < 1.29 is 9.90 Å². The van der Waals surface area contributed by atoms with Crippen LogP contribution in [0, 0.1) is 6.92 Å². The number of carbonyl (C=O) groups is 1. The third kappa shape index (κ3) is 1.75. The van der Waals surface area contributed by atoms with Gasteiger partial charge in [-0.1, -0.05) is 29.8 Å². The summed E-state index contributed by atoms with van der Waals surface area (Å²) in [6.07, 6.45) is 0. The van der Waals surface area contributed by atoms with E-state index in [1.165, 1.54) is 12.5 Å². The van der Waals surface area contributed by atoms with Crippen LogP contribution in [-0.2, 0) is 10.4 Å². The molecule has 3 nitrogen and oxygen atoms in total. The summed E-state index contributed by atoms with van der Waals surface area (Å²) in [5, 5.41) is 10.2. The predicted octanol–water partition coefficient (Wildman–Crippen LogP) is 1.04. The summed E-state index contributed by atoms with van der Waals surface area (Å²) < 4.78 is 0. The van der Waals surface area contributed by atoms with Crippen LogP contribution in [0.5, 0.6) is 0 Å². The molecular formula is C12H15NO2. The highest BCUT2D eigenvalue weighted by Crippen LogP contribution is 2.31. The lowest BCUT2D eigenvalue weighted by molar-refractivity contribution is -0.154. The average Bonchev–Trinajstić information content (AvgIpc) is 2.13. The molecule has 1 heterocycles. The van der Waals surface area contributed by atoms with E-state index in [0.29, 0.717) is 13.1 Å². The second-order valence-electron chi connectivity index (χ2n) is 4.27. The molecule has 0 spiro atoms. The van der Waals surface area contributed by atoms with Gasteiger partial charge in [-0.15, -0.1) is 0 Å². The van der Waals surface area contributed by atoms with Gasteiger partial charge in [0.2, 0.25) is 5.91 Å². The maximum atomic E-state index is 11.0. The molecular weight excluding hydrogens is 190 g/mol. The Morgan fingerprint density at radius 1 is 1.33 bits per heavy atom. The largest absolute Gasteiger partial charge is 0.381 e. The van der Waals surface area contributed by atoms with Crippen molar-refractivity contribution in [1.82, 2.24) is 4.90 Å². The van der Waals surface area contributed by atoms with Crippen LogP contribution >= 0.6 is 0 Å². The fraction of sp³-hybridized carbons (Fsp3) is 0.417. The topological polar surface area (TPSA) is 40.5 Å². The number of aliphatic hydroxyl groups is 1. The van der Waals surface area contributed by atoms with Crippen LogP contribution in [0.2, 0.25) is 0 Å². The van der Waals surface area contributed by atoms with Crippen molar-refractivity contribution in [3.63, 3.8) is 0 Å². The third-order valence-electron chi connectivity index (χ3n) is 2.94. The molecule has 0 saturated carbocycles. The summed E-state index contributed by atoms with van der Waals surface area (Å²) in [7, 11) is 0. The van der Waals surface area contributed by atoms with Crippen molar-refractivity contribution >= 4 is 5.91 Å². The number of carbonyl (C=O) groups excluding carboxylic acids is 1. The van der Waals surface area contributed by atoms with E-state index < -0.39 is 5.60 Å². The van der Waals surface area contributed by atoms with E-state index in [1.807, 2.05) is 31.2 Å². The van der Waals surface area contributed by atoms with Crippen LogP contribution in [-0.4, -0.2) is 29.0 Å². The number of likely N-dealkylation sites (tertiary alicyclic amines) is 1. The predicted molar refractivity (Wildman–Crippen MR) is 57.3 cm³/mol. The van der Waals surface area contributed by atoms with E-state index in [2.05, 4.69) is 0 Å². The van der Waals surface area contributed by atoms with Crippen molar-refractivity contribution in [3.05, 3.63) is 35.4 Å². The van der Waals surface area contributed by atoms with Gasteiger partial charge in [0.05, 0.1) is 13.1 Å². The molecule has 1 aliphatic rings. The van der Waals surface area contributed by atoms with Crippen molar-refractivity contribution in [2.45, 2.75) is 19.4 Å². The van der Waals surface area contributed by atoms with Gasteiger partial charge in [-0.2, -0.15) is 0 Å². The van der Waals surface area contributed by atoms with Gasteiger partial charge in [0.15, 0.2) is 0 Å². The molecule has 1 amide bonds. The van der Waals surface area contributed by atoms with Crippen molar-refractivity contribution in [3.8, 4) is 0 Å². The summed E-state index contributed by atoms with van der Waals surface area (Å²) in [5.74, 6) is 0.0202. The average molecular weight is 205 g/mol. The first kappa shape index (κ1) is 10.2. The van der Waals surface area contributed by atoms with E-state index in [9.17, 15) is 9.90 Å². The minimum atomic E-state index is -0.834. The SMILES string of the molecule is CC(=O)N1CC(O)(c2ccc(C)cc2)C1. The van der Waals surface area contributed by atoms with E-state index in [0.717, 1.165) is 5.56 Å². The number of hydrogen-bond donors (Lipinski definition) is 1. The van der Waals surface area contributed by atoms with Gasteiger partial charge >= 0.3 is 0 Å². The van der Waals surface area contributed by atoms with Crippen LogP contribution < -0.4 is 0 Å². The van der Waals surface area contributed by atoms with E-state index in [4.69, 9.17) is 0 Å². The molecule has 80 valence electrons. The molecule has 1 aromatic rings. The molecule has 1 N–H and O–H groups in total. The minimum Gasteiger partial charge on any atom is -0.381 e. The fourth-order valence-corrected chi connectivity index (χ4v) is 1.85. The summed E-state index contributed by atoms with van der Waals surface area (Å²) in [6, 6.07) is 7.80. The van der Waals surface area contributed by atoms with Crippen LogP contribution in [0.15, 0.2) is 24.3 Å². The fourth-order valence-electron chi connectivity index (χ4n) is 1.85. The van der Waals surface area contributed by atoms with Crippen LogP contribution in [0.25, 0.3) is 0 Å². The Labute approximate surface area is 89.3 Å². The molecule has 0 atom stereocenters. The molecule has 0 unspecified atom stereocenters. The minimum absolute atomic E-state index is 0.0202. The Kier molecular flexibility index (Phi) is 2.27. The molecule has 2 rings (SSSR count). The molecule has 1 saturated heterocycles. The van der Waals surface area contributed by atoms with Gasteiger partial charge in [-0.25, -0.2) is 0 Å². The first-order chi connectivity index (χ1) is 7.01. The van der Waals surface area contributed by atoms with Crippen molar-refractivity contribution in [2.75, 3.05) is 13.1 Å². The lowest BCUT2D eigenvalue weighted by Crippen LogP contribution is -2.60. The lowest BCUT2D eigenvalue weighted by Gasteiger charge is -2.46. The number of β-amino-alcohol motifs (C(OH)–C–C–N with tert-alkyl or cyclic N) is 1. The number of benzene rings is 1. The number of aryl methyl sites for hydroxylation is 1. The quantitative estimate of drug-likeness (QED) is 0.744. The maximum Gasteiger partial charge on any atom is 0.219 e. The van der Waals surface area contributed by atoms with Crippen molar-refractivity contribution in [1.29, 1.82) is 0 Å². The second-order valence-corrected chi connectivity index (χ2v) is 4.27. The van der Waals surface area contributed by atoms with Gasteiger partial charge in [-0.05, 0) is 12.5 Å². The Morgan fingerprint density at radius 2 is 1.87 bits per heavy atom. The molecule has 3 heteroatoms. The Morgan fingerprint density at radius 3 is 2.33 bits per heavy atom. The number of amides is 1. The second kappa shape index (κ2) is 3.35. The van der Waals surface area contributed by atoms with E-state index in [-0.39, 0.29) is 5.91 Å². The van der Waals surface area contributed by atoms with Crippen LogP contribution in [0.3, 0.4) is 0 Å². The standard InChI is InChI=1S/C12H15NO2/c1-9-3-5-11(6-4-9)12(15)7-13(8-12)10(2)14/h3-6,15H,7-8H2,1-2H3. The smallest absolute Gasteiger partial charge is 0.219 e. The van der Waals surface area contributed by atoms with Gasteiger partial charge in [0.1, 0.15) is 5.60 Å². The van der Waals surface area contributed by atoms with Gasteiger partial charge in [-0.3, -0.25) is 4.79 Å². The maximum absolute atomic E-state index is 11.0. The molecule has 15 heavy (non-hydrogen) atoms.